The van der Waals surface area contributed by atoms with Gasteiger partial charge in [0.15, 0.2) is 11.5 Å². The molecule has 2 N–H and O–H groups in total. The minimum Gasteiger partial charge on any atom is -0.364 e. The standard InChI is InChI=1S/C26H25FN6/c1-15(2)24-13-29-26-25(32-23(14-33(24)26)16-9-17(27)12-28-11-16)30-18-7-8-22-20(10-18)19-5-3-4-6-21(19)31-22/h3-6,9,11-15,18,31H,7-8,10H2,1-2H3,(H,30,32)/t18-/m1/s1. The Morgan fingerprint density at radius 3 is 2.91 bits per heavy atom. The maximum absolute atomic E-state index is 13.9. The average Bonchev–Trinajstić information content (AvgIpc) is 3.41. The molecule has 1 atom stereocenters. The van der Waals surface area contributed by atoms with Crippen LogP contribution in [0.5, 0.6) is 0 Å². The minimum atomic E-state index is -0.377. The lowest BCUT2D eigenvalue weighted by molar-refractivity contribution is 0.605. The van der Waals surface area contributed by atoms with Gasteiger partial charge in [0.25, 0.3) is 0 Å². The van der Waals surface area contributed by atoms with E-state index in [1.807, 2.05) is 12.4 Å². The SMILES string of the molecule is CC(C)c1cnc2c(N[C@@H]3CCc4[nH]c5ccccc5c4C3)nc(-c3cncc(F)c3)cn12. The first-order chi connectivity index (χ1) is 16.1. The zero-order chi connectivity index (χ0) is 22.5. The number of para-hydroxylation sites is 1. The Hall–Kier alpha value is -3.74. The number of hydrogen-bond acceptors (Lipinski definition) is 4. The van der Waals surface area contributed by atoms with Gasteiger partial charge in [0.05, 0.1) is 11.9 Å². The number of halogens is 1. The van der Waals surface area contributed by atoms with E-state index in [4.69, 9.17) is 4.98 Å². The summed E-state index contributed by atoms with van der Waals surface area (Å²) in [5.41, 5.74) is 7.09. The highest BCUT2D eigenvalue weighted by Gasteiger charge is 2.24. The van der Waals surface area contributed by atoms with E-state index in [-0.39, 0.29) is 17.8 Å². The Labute approximate surface area is 190 Å². The van der Waals surface area contributed by atoms with E-state index in [1.54, 1.807) is 6.20 Å². The molecule has 1 aliphatic carbocycles. The second-order valence-corrected chi connectivity index (χ2v) is 9.11. The number of aromatic amines is 1. The van der Waals surface area contributed by atoms with E-state index in [0.29, 0.717) is 11.3 Å². The van der Waals surface area contributed by atoms with Crippen LogP contribution in [0.15, 0.2) is 55.1 Å². The highest BCUT2D eigenvalue weighted by molar-refractivity contribution is 5.85. The molecule has 0 unspecified atom stereocenters. The molecular formula is C26H25FN6. The smallest absolute Gasteiger partial charge is 0.180 e. The first kappa shape index (κ1) is 19.9. The molecule has 0 saturated heterocycles. The van der Waals surface area contributed by atoms with Gasteiger partial charge in [-0.3, -0.25) is 9.38 Å². The number of aromatic nitrogens is 5. The van der Waals surface area contributed by atoms with Gasteiger partial charge < -0.3 is 10.3 Å². The molecule has 6 rings (SSSR count). The number of anilines is 1. The molecule has 166 valence electrons. The Morgan fingerprint density at radius 1 is 1.18 bits per heavy atom. The van der Waals surface area contributed by atoms with Crippen molar-refractivity contribution in [1.82, 2.24) is 24.3 Å². The van der Waals surface area contributed by atoms with Crippen LogP contribution in [0.3, 0.4) is 0 Å². The maximum Gasteiger partial charge on any atom is 0.180 e. The van der Waals surface area contributed by atoms with E-state index in [0.717, 1.165) is 36.4 Å². The lowest BCUT2D eigenvalue weighted by Gasteiger charge is -2.24. The van der Waals surface area contributed by atoms with Crippen LogP contribution in [0.4, 0.5) is 10.2 Å². The summed E-state index contributed by atoms with van der Waals surface area (Å²) >= 11 is 0. The van der Waals surface area contributed by atoms with Gasteiger partial charge in [0, 0.05) is 52.5 Å². The van der Waals surface area contributed by atoms with Crippen molar-refractivity contribution in [3.63, 3.8) is 0 Å². The van der Waals surface area contributed by atoms with Crippen LogP contribution in [-0.2, 0) is 12.8 Å². The van der Waals surface area contributed by atoms with Crippen LogP contribution in [0, 0.1) is 5.82 Å². The van der Waals surface area contributed by atoms with Gasteiger partial charge in [0.2, 0.25) is 0 Å². The molecule has 0 spiro atoms. The van der Waals surface area contributed by atoms with Crippen molar-refractivity contribution in [3.8, 4) is 11.3 Å². The molecule has 0 radical (unpaired) electrons. The Bertz CT molecular complexity index is 1480. The minimum absolute atomic E-state index is 0.230. The summed E-state index contributed by atoms with van der Waals surface area (Å²) in [5, 5.41) is 4.97. The summed E-state index contributed by atoms with van der Waals surface area (Å²) in [7, 11) is 0. The van der Waals surface area contributed by atoms with Gasteiger partial charge in [-0.25, -0.2) is 14.4 Å². The molecule has 6 nitrogen and oxygen atoms in total. The average molecular weight is 441 g/mol. The van der Waals surface area contributed by atoms with Gasteiger partial charge >= 0.3 is 0 Å². The third kappa shape index (κ3) is 3.44. The topological polar surface area (TPSA) is 70.9 Å². The van der Waals surface area contributed by atoms with Crippen molar-refractivity contribution in [3.05, 3.63) is 77.9 Å². The lowest BCUT2D eigenvalue weighted by Crippen LogP contribution is -2.28. The van der Waals surface area contributed by atoms with E-state index < -0.39 is 0 Å². The van der Waals surface area contributed by atoms with Gasteiger partial charge in [-0.2, -0.15) is 0 Å². The quantitative estimate of drug-likeness (QED) is 0.387. The van der Waals surface area contributed by atoms with E-state index >= 15 is 0 Å². The molecular weight excluding hydrogens is 415 g/mol. The number of H-pyrrole nitrogens is 1. The molecule has 0 fully saturated rings. The molecule has 5 aromatic rings. The van der Waals surface area contributed by atoms with Crippen LogP contribution in [0.2, 0.25) is 0 Å². The molecule has 0 bridgehead atoms. The second-order valence-electron chi connectivity index (χ2n) is 9.11. The summed E-state index contributed by atoms with van der Waals surface area (Å²) in [6.07, 6.45) is 9.58. The number of imidazole rings is 1. The van der Waals surface area contributed by atoms with E-state index in [2.05, 4.69) is 62.8 Å². The van der Waals surface area contributed by atoms with Crippen molar-refractivity contribution in [1.29, 1.82) is 0 Å². The highest BCUT2D eigenvalue weighted by atomic mass is 19.1. The van der Waals surface area contributed by atoms with Crippen LogP contribution in [-0.4, -0.2) is 30.4 Å². The molecule has 7 heteroatoms. The summed E-state index contributed by atoms with van der Waals surface area (Å²) in [6.45, 7) is 4.28. The highest BCUT2D eigenvalue weighted by Crippen LogP contribution is 2.32. The van der Waals surface area contributed by atoms with Gasteiger partial charge in [-0.05, 0) is 42.9 Å². The summed E-state index contributed by atoms with van der Waals surface area (Å²) < 4.78 is 16.0. The monoisotopic (exact) mass is 440 g/mol. The summed E-state index contributed by atoms with van der Waals surface area (Å²) in [6, 6.07) is 10.2. The third-order valence-electron chi connectivity index (χ3n) is 6.55. The fourth-order valence-electron chi connectivity index (χ4n) is 4.91. The predicted molar refractivity (Wildman–Crippen MR) is 128 cm³/mol. The zero-order valence-electron chi connectivity index (χ0n) is 18.6. The van der Waals surface area contributed by atoms with Crippen molar-refractivity contribution in [2.45, 2.75) is 45.1 Å². The van der Waals surface area contributed by atoms with Crippen molar-refractivity contribution >= 4 is 22.4 Å². The Morgan fingerprint density at radius 2 is 2.06 bits per heavy atom. The number of nitrogens with one attached hydrogen (secondary N) is 2. The van der Waals surface area contributed by atoms with Crippen molar-refractivity contribution in [2.75, 3.05) is 5.32 Å². The number of fused-ring (bicyclic) bond motifs is 4. The number of nitrogens with zero attached hydrogens (tertiary/aromatic N) is 4. The number of pyridine rings is 1. The Kier molecular flexibility index (Phi) is 4.64. The van der Waals surface area contributed by atoms with E-state index in [9.17, 15) is 4.39 Å². The summed E-state index contributed by atoms with van der Waals surface area (Å²) in [4.78, 5) is 17.2. The van der Waals surface area contributed by atoms with Gasteiger partial charge in [-0.15, -0.1) is 0 Å². The molecule has 33 heavy (non-hydrogen) atoms. The van der Waals surface area contributed by atoms with Crippen LogP contribution >= 0.6 is 0 Å². The Balaban J connectivity index is 1.41. The number of aryl methyl sites for hydroxylation is 1. The fraction of sp³-hybridized carbons (Fsp3) is 0.269. The first-order valence-corrected chi connectivity index (χ1v) is 11.4. The van der Waals surface area contributed by atoms with Gasteiger partial charge in [-0.1, -0.05) is 32.0 Å². The molecule has 0 amide bonds. The maximum atomic E-state index is 13.9. The second kappa shape index (κ2) is 7.69. The molecule has 0 aliphatic heterocycles. The normalized spacial score (nSPS) is 15.9. The molecule has 4 aromatic heterocycles. The number of benzene rings is 1. The third-order valence-corrected chi connectivity index (χ3v) is 6.55. The molecule has 0 saturated carbocycles. The van der Waals surface area contributed by atoms with Crippen LogP contribution in [0.1, 0.15) is 43.1 Å². The molecule has 1 aliphatic rings. The number of hydrogen-bond donors (Lipinski definition) is 2. The van der Waals surface area contributed by atoms with Crippen molar-refractivity contribution < 1.29 is 4.39 Å². The summed E-state index contributed by atoms with van der Waals surface area (Å²) in [5.74, 6) is 0.631. The fourth-order valence-corrected chi connectivity index (χ4v) is 4.91. The largest absolute Gasteiger partial charge is 0.364 e. The van der Waals surface area contributed by atoms with Crippen LogP contribution < -0.4 is 5.32 Å². The first-order valence-electron chi connectivity index (χ1n) is 11.4. The van der Waals surface area contributed by atoms with Gasteiger partial charge in [0.1, 0.15) is 5.82 Å². The lowest BCUT2D eigenvalue weighted by atomic mass is 9.91. The predicted octanol–water partition coefficient (Wildman–Crippen LogP) is 5.50. The molecule has 4 heterocycles. The van der Waals surface area contributed by atoms with Crippen LogP contribution in [0.25, 0.3) is 27.8 Å². The van der Waals surface area contributed by atoms with E-state index in [1.165, 1.54) is 34.4 Å². The number of rotatable bonds is 4. The molecule has 1 aromatic carbocycles. The van der Waals surface area contributed by atoms with Crippen molar-refractivity contribution in [2.24, 2.45) is 0 Å². The zero-order valence-corrected chi connectivity index (χ0v) is 18.6.